The van der Waals surface area contributed by atoms with Gasteiger partial charge in [-0.05, 0) is 30.3 Å². The second kappa shape index (κ2) is 10.8. The van der Waals surface area contributed by atoms with E-state index in [1.807, 2.05) is 61.6 Å². The topological polar surface area (TPSA) is 62.2 Å². The summed E-state index contributed by atoms with van der Waals surface area (Å²) in [4.78, 5) is 2.09. The molecule has 0 fully saturated rings. The smallest absolute Gasteiger partial charge is 0.119 e. The van der Waals surface area contributed by atoms with Gasteiger partial charge >= 0.3 is 0 Å². The predicted octanol–water partition coefficient (Wildman–Crippen LogP) is 2.24. The van der Waals surface area contributed by atoms with Crippen molar-refractivity contribution >= 4 is 0 Å². The molecular weight excluding hydrogens is 318 g/mol. The van der Waals surface area contributed by atoms with Gasteiger partial charge < -0.3 is 19.7 Å². The molecule has 0 saturated carbocycles. The molecule has 0 radical (unpaired) electrons. The Morgan fingerprint density at radius 3 is 2.36 bits per heavy atom. The van der Waals surface area contributed by atoms with Gasteiger partial charge in [0.25, 0.3) is 0 Å². The van der Waals surface area contributed by atoms with E-state index in [4.69, 9.17) is 14.6 Å². The average Bonchev–Trinajstić information content (AvgIpc) is 2.63. The van der Waals surface area contributed by atoms with Crippen LogP contribution in [0.5, 0.6) is 5.75 Å². The summed E-state index contributed by atoms with van der Waals surface area (Å²) in [5.41, 5.74) is 2.09. The molecule has 2 N–H and O–H groups in total. The first-order chi connectivity index (χ1) is 12.2. The van der Waals surface area contributed by atoms with Crippen molar-refractivity contribution < 1.29 is 19.7 Å². The molecule has 0 amide bonds. The third kappa shape index (κ3) is 7.23. The fourth-order valence-corrected chi connectivity index (χ4v) is 2.53. The number of aliphatic hydroxyl groups is 2. The summed E-state index contributed by atoms with van der Waals surface area (Å²) in [7, 11) is 2.00. The first-order valence-corrected chi connectivity index (χ1v) is 8.51. The summed E-state index contributed by atoms with van der Waals surface area (Å²) < 4.78 is 10.7. The normalized spacial score (nSPS) is 12.3. The number of likely N-dealkylation sites (N-methyl/N-ethyl adjacent to an activating group) is 1. The number of aliphatic hydroxyl groups excluding tert-OH is 2. The lowest BCUT2D eigenvalue weighted by atomic mass is 10.1. The summed E-state index contributed by atoms with van der Waals surface area (Å²) in [6.07, 6.45) is -0.493. The SMILES string of the molecule is CN(Cc1ccc(OCCOCCO)cc1)C[C@@H](O)c1ccccc1. The highest BCUT2D eigenvalue weighted by Gasteiger charge is 2.10. The van der Waals surface area contributed by atoms with Crippen molar-refractivity contribution in [2.75, 3.05) is 40.0 Å². The van der Waals surface area contributed by atoms with E-state index >= 15 is 0 Å². The minimum absolute atomic E-state index is 0.0290. The first kappa shape index (κ1) is 19.4. The highest BCUT2D eigenvalue weighted by Crippen LogP contribution is 2.16. The molecule has 1 atom stereocenters. The van der Waals surface area contributed by atoms with Crippen LogP contribution in [-0.4, -0.2) is 55.1 Å². The number of hydrogen-bond donors (Lipinski definition) is 2. The maximum atomic E-state index is 10.3. The van der Waals surface area contributed by atoms with Crippen molar-refractivity contribution in [1.82, 2.24) is 4.90 Å². The van der Waals surface area contributed by atoms with Crippen molar-refractivity contribution in [2.24, 2.45) is 0 Å². The fraction of sp³-hybridized carbons (Fsp3) is 0.400. The zero-order valence-electron chi connectivity index (χ0n) is 14.7. The maximum absolute atomic E-state index is 10.3. The second-order valence-corrected chi connectivity index (χ2v) is 5.95. The minimum atomic E-state index is -0.493. The summed E-state index contributed by atoms with van der Waals surface area (Å²) in [5.74, 6) is 0.795. The van der Waals surface area contributed by atoms with Gasteiger partial charge in [-0.1, -0.05) is 42.5 Å². The molecule has 136 valence electrons. The molecule has 0 aliphatic carbocycles. The van der Waals surface area contributed by atoms with Gasteiger partial charge in [0.1, 0.15) is 12.4 Å². The van der Waals surface area contributed by atoms with E-state index < -0.39 is 6.10 Å². The largest absolute Gasteiger partial charge is 0.491 e. The molecule has 5 nitrogen and oxygen atoms in total. The van der Waals surface area contributed by atoms with Gasteiger partial charge in [0.2, 0.25) is 0 Å². The van der Waals surface area contributed by atoms with Gasteiger partial charge in [0, 0.05) is 13.1 Å². The van der Waals surface area contributed by atoms with Gasteiger partial charge in [-0.2, -0.15) is 0 Å². The molecule has 0 heterocycles. The van der Waals surface area contributed by atoms with Crippen LogP contribution in [0.4, 0.5) is 0 Å². The Bertz CT molecular complexity index is 588. The standard InChI is InChI=1S/C20H27NO4/c1-21(16-20(23)18-5-3-2-4-6-18)15-17-7-9-19(10-8-17)25-14-13-24-12-11-22/h2-10,20,22-23H,11-16H2,1H3/t20-/m1/s1. The molecule has 2 rings (SSSR count). The molecular formula is C20H27NO4. The predicted molar refractivity (Wildman–Crippen MR) is 97.6 cm³/mol. The van der Waals surface area contributed by atoms with Gasteiger partial charge in [0.05, 0.1) is 25.9 Å². The summed E-state index contributed by atoms with van der Waals surface area (Å²) >= 11 is 0. The molecule has 0 saturated heterocycles. The number of hydrogen-bond acceptors (Lipinski definition) is 5. The van der Waals surface area contributed by atoms with Crippen molar-refractivity contribution in [3.8, 4) is 5.75 Å². The van der Waals surface area contributed by atoms with Crippen LogP contribution in [0.25, 0.3) is 0 Å². The Morgan fingerprint density at radius 2 is 1.68 bits per heavy atom. The van der Waals surface area contributed by atoms with E-state index in [-0.39, 0.29) is 6.61 Å². The van der Waals surface area contributed by atoms with Gasteiger partial charge in [-0.25, -0.2) is 0 Å². The first-order valence-electron chi connectivity index (χ1n) is 8.51. The van der Waals surface area contributed by atoms with Gasteiger partial charge in [-0.3, -0.25) is 4.90 Å². The fourth-order valence-electron chi connectivity index (χ4n) is 2.53. The van der Waals surface area contributed by atoms with Crippen LogP contribution in [0.2, 0.25) is 0 Å². The molecule has 0 aromatic heterocycles. The van der Waals surface area contributed by atoms with Crippen LogP contribution in [0.15, 0.2) is 54.6 Å². The lowest BCUT2D eigenvalue weighted by Gasteiger charge is -2.21. The zero-order chi connectivity index (χ0) is 17.9. The lowest BCUT2D eigenvalue weighted by molar-refractivity contribution is 0.0705. The summed E-state index contributed by atoms with van der Waals surface area (Å²) in [6, 6.07) is 17.6. The van der Waals surface area contributed by atoms with Gasteiger partial charge in [-0.15, -0.1) is 0 Å². The van der Waals surface area contributed by atoms with Crippen LogP contribution in [0.1, 0.15) is 17.2 Å². The van der Waals surface area contributed by atoms with Crippen molar-refractivity contribution in [1.29, 1.82) is 0 Å². The second-order valence-electron chi connectivity index (χ2n) is 5.95. The van der Waals surface area contributed by atoms with Crippen LogP contribution < -0.4 is 4.74 Å². The van der Waals surface area contributed by atoms with Crippen molar-refractivity contribution in [3.05, 3.63) is 65.7 Å². The Kier molecular flexibility index (Phi) is 8.42. The molecule has 2 aromatic carbocycles. The molecule has 25 heavy (non-hydrogen) atoms. The number of nitrogens with zero attached hydrogens (tertiary/aromatic N) is 1. The zero-order valence-corrected chi connectivity index (χ0v) is 14.7. The Balaban J connectivity index is 1.74. The van der Waals surface area contributed by atoms with E-state index in [2.05, 4.69) is 4.90 Å². The van der Waals surface area contributed by atoms with Crippen LogP contribution in [0, 0.1) is 0 Å². The Hall–Kier alpha value is -1.92. The third-order valence-corrected chi connectivity index (χ3v) is 3.78. The van der Waals surface area contributed by atoms with E-state index in [1.54, 1.807) is 0 Å². The van der Waals surface area contributed by atoms with E-state index in [1.165, 1.54) is 0 Å². The van der Waals surface area contributed by atoms with E-state index in [9.17, 15) is 5.11 Å². The highest BCUT2D eigenvalue weighted by atomic mass is 16.5. The van der Waals surface area contributed by atoms with Crippen LogP contribution >= 0.6 is 0 Å². The molecule has 0 spiro atoms. The summed E-state index contributed by atoms with van der Waals surface area (Å²) in [5, 5.41) is 18.9. The van der Waals surface area contributed by atoms with Crippen LogP contribution in [0.3, 0.4) is 0 Å². The molecule has 2 aromatic rings. The van der Waals surface area contributed by atoms with E-state index in [0.29, 0.717) is 26.4 Å². The Morgan fingerprint density at radius 1 is 0.960 bits per heavy atom. The quantitative estimate of drug-likeness (QED) is 0.612. The highest BCUT2D eigenvalue weighted by molar-refractivity contribution is 5.27. The molecule has 0 aliphatic heterocycles. The molecule has 0 unspecified atom stereocenters. The van der Waals surface area contributed by atoms with Gasteiger partial charge in [0.15, 0.2) is 0 Å². The minimum Gasteiger partial charge on any atom is -0.491 e. The maximum Gasteiger partial charge on any atom is 0.119 e. The summed E-state index contributed by atoms with van der Waals surface area (Å²) in [6.45, 7) is 2.61. The monoisotopic (exact) mass is 345 g/mol. The van der Waals surface area contributed by atoms with E-state index in [0.717, 1.165) is 23.4 Å². The number of ether oxygens (including phenoxy) is 2. The molecule has 0 aliphatic rings. The Labute approximate surface area is 149 Å². The third-order valence-electron chi connectivity index (χ3n) is 3.78. The van der Waals surface area contributed by atoms with Crippen molar-refractivity contribution in [2.45, 2.75) is 12.6 Å². The number of rotatable bonds is 11. The lowest BCUT2D eigenvalue weighted by Crippen LogP contribution is -2.24. The van der Waals surface area contributed by atoms with Crippen molar-refractivity contribution in [3.63, 3.8) is 0 Å². The number of benzene rings is 2. The van der Waals surface area contributed by atoms with Crippen LogP contribution in [-0.2, 0) is 11.3 Å². The average molecular weight is 345 g/mol. The molecule has 0 bridgehead atoms. The molecule has 5 heteroatoms.